The largest absolute Gasteiger partial charge is 0.481 e. The Balaban J connectivity index is 1.97. The number of hydrogen-bond acceptors (Lipinski definition) is 3. The van der Waals surface area contributed by atoms with Crippen LogP contribution in [0.4, 0.5) is 5.69 Å². The zero-order chi connectivity index (χ0) is 15.2. The third kappa shape index (κ3) is 4.56. The Morgan fingerprint density at radius 2 is 1.90 bits per heavy atom. The topological polar surface area (TPSA) is 86.6 Å². The van der Waals surface area contributed by atoms with E-state index in [4.69, 9.17) is 5.11 Å². The number of carboxylic acid groups (broad SMARTS) is 1. The van der Waals surface area contributed by atoms with Crippen LogP contribution in [0.15, 0.2) is 24.3 Å². The van der Waals surface area contributed by atoms with Crippen LogP contribution in [0.25, 0.3) is 0 Å². The zero-order valence-electron chi connectivity index (χ0n) is 11.9. The number of carboxylic acids is 1. The Morgan fingerprint density at radius 1 is 1.19 bits per heavy atom. The van der Waals surface area contributed by atoms with E-state index >= 15 is 0 Å². The summed E-state index contributed by atoms with van der Waals surface area (Å²) in [5, 5.41) is 21.5. The molecule has 5 nitrogen and oxygen atoms in total. The maximum Gasteiger partial charge on any atom is 0.307 e. The summed E-state index contributed by atoms with van der Waals surface area (Å²) in [6, 6.07) is 6.90. The van der Waals surface area contributed by atoms with E-state index in [1.165, 1.54) is 0 Å². The lowest BCUT2D eigenvalue weighted by atomic mass is 9.84. The SMILES string of the molecule is O=C(O)Cc1ccccc1NC(=O)C[C@@H]1CCCC[C@H]1O. The van der Waals surface area contributed by atoms with E-state index in [0.717, 1.165) is 25.7 Å². The van der Waals surface area contributed by atoms with Crippen molar-refractivity contribution in [3.63, 3.8) is 0 Å². The summed E-state index contributed by atoms with van der Waals surface area (Å²) in [4.78, 5) is 22.9. The Hall–Kier alpha value is -1.88. The van der Waals surface area contributed by atoms with E-state index in [9.17, 15) is 14.7 Å². The molecule has 3 N–H and O–H groups in total. The fourth-order valence-electron chi connectivity index (χ4n) is 2.82. The third-order valence-corrected chi connectivity index (χ3v) is 3.95. The standard InChI is InChI=1S/C16H21NO4/c18-14-8-4-2-6-12(14)9-15(19)17-13-7-3-1-5-11(13)10-16(20)21/h1,3,5,7,12,14,18H,2,4,6,8-10H2,(H,17,19)(H,20,21)/t12-,14+/m0/s1. The summed E-state index contributed by atoms with van der Waals surface area (Å²) in [5.41, 5.74) is 1.12. The van der Waals surface area contributed by atoms with Gasteiger partial charge in [0.25, 0.3) is 0 Å². The van der Waals surface area contributed by atoms with Crippen molar-refractivity contribution in [2.75, 3.05) is 5.32 Å². The molecule has 0 radical (unpaired) electrons. The fraction of sp³-hybridized carbons (Fsp3) is 0.500. The van der Waals surface area contributed by atoms with Crippen LogP contribution >= 0.6 is 0 Å². The maximum absolute atomic E-state index is 12.1. The zero-order valence-corrected chi connectivity index (χ0v) is 11.9. The van der Waals surface area contributed by atoms with Gasteiger partial charge < -0.3 is 15.5 Å². The average molecular weight is 291 g/mol. The van der Waals surface area contributed by atoms with Crippen LogP contribution in [0.2, 0.25) is 0 Å². The molecule has 1 aromatic rings. The minimum absolute atomic E-state index is 0.00499. The van der Waals surface area contributed by atoms with Crippen LogP contribution in [0.1, 0.15) is 37.7 Å². The molecule has 2 rings (SSSR count). The monoisotopic (exact) mass is 291 g/mol. The third-order valence-electron chi connectivity index (χ3n) is 3.95. The average Bonchev–Trinajstić information content (AvgIpc) is 2.43. The van der Waals surface area contributed by atoms with Crippen molar-refractivity contribution < 1.29 is 19.8 Å². The Morgan fingerprint density at radius 3 is 2.62 bits per heavy atom. The van der Waals surface area contributed by atoms with E-state index in [1.54, 1.807) is 24.3 Å². The number of aliphatic hydroxyl groups is 1. The number of amides is 1. The number of anilines is 1. The number of aliphatic hydroxyl groups excluding tert-OH is 1. The molecule has 1 fully saturated rings. The summed E-state index contributed by atoms with van der Waals surface area (Å²) in [6.07, 6.45) is 3.44. The van der Waals surface area contributed by atoms with Crippen molar-refractivity contribution in [2.24, 2.45) is 5.92 Å². The summed E-state index contributed by atoms with van der Waals surface area (Å²) >= 11 is 0. The predicted molar refractivity (Wildman–Crippen MR) is 79.0 cm³/mol. The molecule has 5 heteroatoms. The number of hydrogen-bond donors (Lipinski definition) is 3. The van der Waals surface area contributed by atoms with Gasteiger partial charge in [-0.1, -0.05) is 31.0 Å². The van der Waals surface area contributed by atoms with E-state index in [-0.39, 0.29) is 24.7 Å². The summed E-state index contributed by atoms with van der Waals surface area (Å²) in [6.45, 7) is 0. The van der Waals surface area contributed by atoms with Crippen molar-refractivity contribution in [2.45, 2.75) is 44.6 Å². The molecule has 0 aliphatic heterocycles. The van der Waals surface area contributed by atoms with Gasteiger partial charge in [0, 0.05) is 12.1 Å². The van der Waals surface area contributed by atoms with E-state index in [0.29, 0.717) is 11.3 Å². The number of nitrogens with one attached hydrogen (secondary N) is 1. The van der Waals surface area contributed by atoms with Gasteiger partial charge in [0.2, 0.25) is 5.91 Å². The summed E-state index contributed by atoms with van der Waals surface area (Å²) in [5.74, 6) is -1.09. The molecule has 1 aliphatic carbocycles. The lowest BCUT2D eigenvalue weighted by Gasteiger charge is -2.27. The second-order valence-corrected chi connectivity index (χ2v) is 5.59. The van der Waals surface area contributed by atoms with E-state index in [1.807, 2.05) is 0 Å². The molecule has 0 spiro atoms. The first-order chi connectivity index (χ1) is 10.1. The van der Waals surface area contributed by atoms with Crippen molar-refractivity contribution in [3.8, 4) is 0 Å². The van der Waals surface area contributed by atoms with E-state index < -0.39 is 12.1 Å². The lowest BCUT2D eigenvalue weighted by molar-refractivity contribution is -0.136. The minimum Gasteiger partial charge on any atom is -0.481 e. The van der Waals surface area contributed by atoms with Gasteiger partial charge in [0.05, 0.1) is 12.5 Å². The van der Waals surface area contributed by atoms with Gasteiger partial charge in [-0.05, 0) is 30.4 Å². The molecular formula is C16H21NO4. The number of rotatable bonds is 5. The van der Waals surface area contributed by atoms with Gasteiger partial charge in [0.1, 0.15) is 0 Å². The second-order valence-electron chi connectivity index (χ2n) is 5.59. The van der Waals surface area contributed by atoms with Crippen LogP contribution in [0.3, 0.4) is 0 Å². The second kappa shape index (κ2) is 7.22. The molecule has 1 amide bonds. The molecule has 0 unspecified atom stereocenters. The van der Waals surface area contributed by atoms with Crippen LogP contribution in [0.5, 0.6) is 0 Å². The fourth-order valence-corrected chi connectivity index (χ4v) is 2.82. The smallest absolute Gasteiger partial charge is 0.307 e. The molecule has 0 saturated heterocycles. The van der Waals surface area contributed by atoms with Gasteiger partial charge in [-0.2, -0.15) is 0 Å². The predicted octanol–water partition coefficient (Wildman–Crippen LogP) is 2.19. The van der Waals surface area contributed by atoms with Gasteiger partial charge in [-0.25, -0.2) is 0 Å². The highest BCUT2D eigenvalue weighted by molar-refractivity contribution is 5.92. The molecule has 1 saturated carbocycles. The molecule has 21 heavy (non-hydrogen) atoms. The number of para-hydroxylation sites is 1. The lowest BCUT2D eigenvalue weighted by Crippen LogP contribution is -2.28. The molecular weight excluding hydrogens is 270 g/mol. The quantitative estimate of drug-likeness (QED) is 0.776. The Bertz CT molecular complexity index is 515. The molecule has 2 atom stereocenters. The maximum atomic E-state index is 12.1. The van der Waals surface area contributed by atoms with E-state index in [2.05, 4.69) is 5.32 Å². The highest BCUT2D eigenvalue weighted by Crippen LogP contribution is 2.27. The molecule has 0 bridgehead atoms. The van der Waals surface area contributed by atoms with Crippen LogP contribution in [0, 0.1) is 5.92 Å². The molecule has 0 heterocycles. The van der Waals surface area contributed by atoms with Crippen LogP contribution < -0.4 is 5.32 Å². The first-order valence-corrected chi connectivity index (χ1v) is 7.34. The highest BCUT2D eigenvalue weighted by atomic mass is 16.4. The van der Waals surface area contributed by atoms with Crippen molar-refractivity contribution in [3.05, 3.63) is 29.8 Å². The minimum atomic E-state index is -0.931. The van der Waals surface area contributed by atoms with Crippen molar-refractivity contribution >= 4 is 17.6 Å². The van der Waals surface area contributed by atoms with Gasteiger partial charge in [-0.3, -0.25) is 9.59 Å². The number of benzene rings is 1. The van der Waals surface area contributed by atoms with Gasteiger partial charge >= 0.3 is 5.97 Å². The highest BCUT2D eigenvalue weighted by Gasteiger charge is 2.25. The number of carbonyl (C=O) groups excluding carboxylic acids is 1. The van der Waals surface area contributed by atoms with Crippen LogP contribution in [-0.2, 0) is 16.0 Å². The first-order valence-electron chi connectivity index (χ1n) is 7.34. The van der Waals surface area contributed by atoms with Gasteiger partial charge in [0.15, 0.2) is 0 Å². The van der Waals surface area contributed by atoms with Crippen LogP contribution in [-0.4, -0.2) is 28.2 Å². The number of carbonyl (C=O) groups is 2. The summed E-state index contributed by atoms with van der Waals surface area (Å²) < 4.78 is 0. The van der Waals surface area contributed by atoms with Crippen molar-refractivity contribution in [1.82, 2.24) is 0 Å². The molecule has 1 aliphatic rings. The molecule has 0 aromatic heterocycles. The van der Waals surface area contributed by atoms with Crippen molar-refractivity contribution in [1.29, 1.82) is 0 Å². The summed E-state index contributed by atoms with van der Waals surface area (Å²) in [7, 11) is 0. The number of aliphatic carboxylic acids is 1. The Kier molecular flexibility index (Phi) is 5.33. The van der Waals surface area contributed by atoms with Gasteiger partial charge in [-0.15, -0.1) is 0 Å². The molecule has 114 valence electrons. The normalized spacial score (nSPS) is 21.8. The molecule has 1 aromatic carbocycles. The first kappa shape index (κ1) is 15.5. The Labute approximate surface area is 124 Å².